The van der Waals surface area contributed by atoms with Crippen molar-refractivity contribution in [2.24, 2.45) is 5.92 Å². The quantitative estimate of drug-likeness (QED) is 0.290. The molecule has 0 aliphatic heterocycles. The number of halogens is 5. The smallest absolute Gasteiger partial charge is 0.369 e. The topological polar surface area (TPSA) is 135 Å². The number of aliphatic hydroxyl groups is 1. The van der Waals surface area contributed by atoms with Crippen LogP contribution in [-0.2, 0) is 4.79 Å². The number of amides is 2. The van der Waals surface area contributed by atoms with Gasteiger partial charge in [0.2, 0.25) is 11.8 Å². The van der Waals surface area contributed by atoms with E-state index in [1.807, 2.05) is 0 Å². The average molecular weight is 544 g/mol. The number of hydrogen-bond acceptors (Lipinski definition) is 7. The molecule has 1 saturated carbocycles. The molecule has 1 aliphatic rings. The molecule has 15 heteroatoms. The fourth-order valence-corrected chi connectivity index (χ4v) is 4.34. The van der Waals surface area contributed by atoms with Crippen molar-refractivity contribution in [3.05, 3.63) is 47.2 Å². The standard InChI is InChI=1S/C23H25F5N6O4/c1-12-15(10-30-38-12)21(37)33-19(13-2-5-22(24,25)6-3-13)16-11-34-17(31-16)8-14(9-29-34)20(36)32-18(35)4-7-23(26,27)28/h8-11,13,19-20,36H,2-7H2,1H3,(H,32,35)(H,33,37)/t19-,20+/m0/s1. The van der Waals surface area contributed by atoms with Crippen molar-refractivity contribution in [3.63, 3.8) is 0 Å². The van der Waals surface area contributed by atoms with Gasteiger partial charge in [0.15, 0.2) is 11.9 Å². The largest absolute Gasteiger partial charge is 0.389 e. The van der Waals surface area contributed by atoms with E-state index in [1.165, 1.54) is 29.2 Å². The Morgan fingerprint density at radius 3 is 2.58 bits per heavy atom. The van der Waals surface area contributed by atoms with E-state index < -0.39 is 49.0 Å². The molecule has 0 aromatic carbocycles. The summed E-state index contributed by atoms with van der Waals surface area (Å²) in [6.07, 6.45) is -4.79. The monoisotopic (exact) mass is 544 g/mol. The van der Waals surface area contributed by atoms with E-state index in [9.17, 15) is 36.6 Å². The number of aliphatic hydroxyl groups excluding tert-OH is 1. The van der Waals surface area contributed by atoms with Gasteiger partial charge in [-0.3, -0.25) is 9.59 Å². The van der Waals surface area contributed by atoms with E-state index in [-0.39, 0.29) is 54.1 Å². The maximum absolute atomic E-state index is 13.8. The lowest BCUT2D eigenvalue weighted by Crippen LogP contribution is -2.37. The zero-order valence-electron chi connectivity index (χ0n) is 20.1. The molecule has 206 valence electrons. The van der Waals surface area contributed by atoms with Crippen LogP contribution in [0.2, 0.25) is 0 Å². The summed E-state index contributed by atoms with van der Waals surface area (Å²) in [4.78, 5) is 29.1. The predicted octanol–water partition coefficient (Wildman–Crippen LogP) is 3.77. The Morgan fingerprint density at radius 2 is 1.95 bits per heavy atom. The molecule has 0 bridgehead atoms. The Bertz CT molecular complexity index is 1300. The number of carbonyl (C=O) groups excluding carboxylic acids is 2. The molecule has 3 aromatic rings. The molecule has 2 amide bonds. The molecule has 1 fully saturated rings. The first-order valence-electron chi connectivity index (χ1n) is 11.8. The summed E-state index contributed by atoms with van der Waals surface area (Å²) in [5, 5.41) is 22.9. The summed E-state index contributed by atoms with van der Waals surface area (Å²) >= 11 is 0. The van der Waals surface area contributed by atoms with E-state index in [2.05, 4.69) is 25.9 Å². The fraction of sp³-hybridized carbons (Fsp3) is 0.522. The lowest BCUT2D eigenvalue weighted by molar-refractivity contribution is -0.145. The molecule has 38 heavy (non-hydrogen) atoms. The third-order valence-electron chi connectivity index (χ3n) is 6.44. The van der Waals surface area contributed by atoms with Gasteiger partial charge in [0, 0.05) is 24.8 Å². The third-order valence-corrected chi connectivity index (χ3v) is 6.44. The van der Waals surface area contributed by atoms with Gasteiger partial charge in [-0.1, -0.05) is 5.16 Å². The van der Waals surface area contributed by atoms with E-state index in [0.29, 0.717) is 5.69 Å². The van der Waals surface area contributed by atoms with Crippen LogP contribution in [0, 0.1) is 12.8 Å². The maximum Gasteiger partial charge on any atom is 0.389 e. The van der Waals surface area contributed by atoms with Crippen molar-refractivity contribution in [1.82, 2.24) is 30.4 Å². The Kier molecular flexibility index (Phi) is 7.67. The Hall–Kier alpha value is -3.62. The first kappa shape index (κ1) is 27.4. The molecule has 0 saturated heterocycles. The van der Waals surface area contributed by atoms with Crippen LogP contribution in [0.25, 0.3) is 5.65 Å². The van der Waals surface area contributed by atoms with Gasteiger partial charge in [0.05, 0.1) is 36.7 Å². The molecular formula is C23H25F5N6O4. The first-order chi connectivity index (χ1) is 17.8. The molecule has 4 rings (SSSR count). The molecule has 0 radical (unpaired) electrons. The van der Waals surface area contributed by atoms with Crippen LogP contribution < -0.4 is 10.6 Å². The summed E-state index contributed by atoms with van der Waals surface area (Å²) in [5.74, 6) is -4.38. The SMILES string of the molecule is Cc1oncc1C(=O)N[C@H](c1cn2ncc([C@@H](O)NC(=O)CCC(F)(F)F)cc2n1)C1CCC(F)(F)CC1. The first-order valence-corrected chi connectivity index (χ1v) is 11.8. The van der Waals surface area contributed by atoms with Crippen LogP contribution in [0.4, 0.5) is 22.0 Å². The number of aromatic nitrogens is 4. The molecule has 10 nitrogen and oxygen atoms in total. The normalized spacial score (nSPS) is 17.8. The minimum absolute atomic E-state index is 0.0630. The third kappa shape index (κ3) is 6.62. The Balaban J connectivity index is 1.55. The highest BCUT2D eigenvalue weighted by Gasteiger charge is 2.39. The highest BCUT2D eigenvalue weighted by molar-refractivity contribution is 5.95. The number of rotatable bonds is 8. The number of alkyl halides is 5. The second kappa shape index (κ2) is 10.6. The van der Waals surface area contributed by atoms with Crippen LogP contribution in [-0.4, -0.2) is 48.8 Å². The minimum atomic E-state index is -4.51. The van der Waals surface area contributed by atoms with Gasteiger partial charge < -0.3 is 20.3 Å². The highest BCUT2D eigenvalue weighted by Crippen LogP contribution is 2.41. The maximum atomic E-state index is 13.8. The van der Waals surface area contributed by atoms with Crippen molar-refractivity contribution >= 4 is 17.5 Å². The molecule has 0 spiro atoms. The van der Waals surface area contributed by atoms with Gasteiger partial charge >= 0.3 is 6.18 Å². The molecular weight excluding hydrogens is 519 g/mol. The minimum Gasteiger partial charge on any atom is -0.369 e. The zero-order valence-corrected chi connectivity index (χ0v) is 20.1. The van der Waals surface area contributed by atoms with Gasteiger partial charge in [-0.2, -0.15) is 18.3 Å². The summed E-state index contributed by atoms with van der Waals surface area (Å²) < 4.78 is 70.9. The molecule has 3 N–H and O–H groups in total. The Labute approximate surface area is 212 Å². The van der Waals surface area contributed by atoms with Crippen molar-refractivity contribution in [3.8, 4) is 0 Å². The van der Waals surface area contributed by atoms with E-state index in [0.717, 1.165) is 0 Å². The fourth-order valence-electron chi connectivity index (χ4n) is 4.34. The van der Waals surface area contributed by atoms with Crippen LogP contribution in [0.5, 0.6) is 0 Å². The average Bonchev–Trinajstić information content (AvgIpc) is 3.46. The van der Waals surface area contributed by atoms with Gasteiger partial charge in [0.1, 0.15) is 11.3 Å². The van der Waals surface area contributed by atoms with Crippen molar-refractivity contribution in [1.29, 1.82) is 0 Å². The summed E-state index contributed by atoms with van der Waals surface area (Å²) in [7, 11) is 0. The Morgan fingerprint density at radius 1 is 1.24 bits per heavy atom. The summed E-state index contributed by atoms with van der Waals surface area (Å²) in [6, 6.07) is 0.605. The van der Waals surface area contributed by atoms with E-state index in [4.69, 9.17) is 4.52 Å². The lowest BCUT2D eigenvalue weighted by Gasteiger charge is -2.33. The van der Waals surface area contributed by atoms with Crippen LogP contribution in [0.3, 0.4) is 0 Å². The lowest BCUT2D eigenvalue weighted by atomic mass is 9.81. The van der Waals surface area contributed by atoms with Gasteiger partial charge in [-0.15, -0.1) is 0 Å². The number of aryl methyl sites for hydroxylation is 1. The van der Waals surface area contributed by atoms with E-state index >= 15 is 0 Å². The van der Waals surface area contributed by atoms with Gasteiger partial charge in [-0.05, 0) is 31.7 Å². The summed E-state index contributed by atoms with van der Waals surface area (Å²) in [6.45, 7) is 1.56. The van der Waals surface area contributed by atoms with E-state index in [1.54, 1.807) is 6.92 Å². The highest BCUT2D eigenvalue weighted by atomic mass is 19.4. The zero-order chi connectivity index (χ0) is 27.7. The number of carbonyl (C=O) groups is 2. The van der Waals surface area contributed by atoms with Crippen molar-refractivity contribution < 1.29 is 41.2 Å². The molecule has 0 unspecified atom stereocenters. The van der Waals surface area contributed by atoms with Gasteiger partial charge in [0.25, 0.3) is 5.91 Å². The van der Waals surface area contributed by atoms with Crippen LogP contribution in [0.15, 0.2) is 29.2 Å². The second-order valence-corrected chi connectivity index (χ2v) is 9.28. The van der Waals surface area contributed by atoms with Crippen molar-refractivity contribution in [2.45, 2.75) is 69.8 Å². The molecule has 3 heterocycles. The van der Waals surface area contributed by atoms with Crippen LogP contribution in [0.1, 0.15) is 78.2 Å². The molecule has 1 aliphatic carbocycles. The van der Waals surface area contributed by atoms with Crippen LogP contribution >= 0.6 is 0 Å². The van der Waals surface area contributed by atoms with Gasteiger partial charge in [-0.25, -0.2) is 18.3 Å². The number of nitrogens with one attached hydrogen (secondary N) is 2. The second-order valence-electron chi connectivity index (χ2n) is 9.28. The molecule has 2 atom stereocenters. The number of imidazole rings is 1. The predicted molar refractivity (Wildman–Crippen MR) is 120 cm³/mol. The summed E-state index contributed by atoms with van der Waals surface area (Å²) in [5.41, 5.74) is 0.774. The number of hydrogen-bond donors (Lipinski definition) is 3. The number of fused-ring (bicyclic) bond motifs is 1. The number of nitrogens with zero attached hydrogens (tertiary/aromatic N) is 4. The molecule has 3 aromatic heterocycles. The van der Waals surface area contributed by atoms with Crippen molar-refractivity contribution in [2.75, 3.05) is 0 Å².